The summed E-state index contributed by atoms with van der Waals surface area (Å²) in [7, 11) is 1.81. The fraction of sp³-hybridized carbons (Fsp3) is 0.833. The molecule has 0 aromatic rings. The predicted octanol–water partition coefficient (Wildman–Crippen LogP) is 2.47. The van der Waals surface area contributed by atoms with Gasteiger partial charge in [-0.2, -0.15) is 11.8 Å². The van der Waals surface area contributed by atoms with Gasteiger partial charge in [0, 0.05) is 56.6 Å². The van der Waals surface area contributed by atoms with Crippen LogP contribution in [0.3, 0.4) is 0 Å². The maximum atomic E-state index is 11.9. The fourth-order valence-electron chi connectivity index (χ4n) is 4.19. The number of nitrogens with one attached hydrogen (secondary N) is 1. The van der Waals surface area contributed by atoms with Crippen LogP contribution in [-0.2, 0) is 9.59 Å². The van der Waals surface area contributed by atoms with E-state index in [1.807, 2.05) is 7.05 Å². The first-order valence-electron chi connectivity index (χ1n) is 9.56. The first-order chi connectivity index (χ1) is 12.1. The number of rotatable bonds is 3. The minimum Gasteiger partial charge on any atom is -0.354 e. The summed E-state index contributed by atoms with van der Waals surface area (Å²) in [6.45, 7) is 3.07. The molecule has 26 heavy (non-hydrogen) atoms. The summed E-state index contributed by atoms with van der Waals surface area (Å²) in [5.74, 6) is 1.97. The van der Waals surface area contributed by atoms with Gasteiger partial charge < -0.3 is 10.2 Å². The second kappa shape index (κ2) is 10.1. The molecule has 0 unspecified atom stereocenters. The summed E-state index contributed by atoms with van der Waals surface area (Å²) < 4.78 is 0.396. The third-order valence-electron chi connectivity index (χ3n) is 5.53. The number of amides is 2. The van der Waals surface area contributed by atoms with Crippen molar-refractivity contribution in [2.75, 3.05) is 39.0 Å². The van der Waals surface area contributed by atoms with E-state index in [1.54, 1.807) is 0 Å². The topological polar surface area (TPSA) is 65.0 Å². The standard InChI is InChI=1S/C18H30N4O2S.HI/c1-19-17(20-10-11-22-15(23)6-5-7-16(22)24)21-12-13-25-18(14-21)8-3-2-4-9-18;/h2-14H2,1H3,(H,19,20);1H. The molecule has 1 aliphatic carbocycles. The first kappa shape index (κ1) is 21.8. The number of thioether (sulfide) groups is 1. The molecule has 1 saturated carbocycles. The molecule has 3 aliphatic rings. The molecular weight excluding hydrogens is 463 g/mol. The summed E-state index contributed by atoms with van der Waals surface area (Å²) in [5.41, 5.74) is 0. The molecule has 6 nitrogen and oxygen atoms in total. The highest BCUT2D eigenvalue weighted by atomic mass is 127. The number of piperidine rings is 1. The molecule has 148 valence electrons. The average molecular weight is 494 g/mol. The maximum Gasteiger partial charge on any atom is 0.229 e. The Kier molecular flexibility index (Phi) is 8.50. The van der Waals surface area contributed by atoms with Gasteiger partial charge in [0.1, 0.15) is 0 Å². The van der Waals surface area contributed by atoms with E-state index in [4.69, 9.17) is 0 Å². The molecule has 0 radical (unpaired) electrons. The van der Waals surface area contributed by atoms with Crippen LogP contribution in [0.5, 0.6) is 0 Å². The molecule has 2 amide bonds. The van der Waals surface area contributed by atoms with Crippen LogP contribution in [0.15, 0.2) is 4.99 Å². The van der Waals surface area contributed by atoms with E-state index in [0.29, 0.717) is 37.1 Å². The van der Waals surface area contributed by atoms with Crippen LogP contribution in [0.4, 0.5) is 0 Å². The van der Waals surface area contributed by atoms with E-state index in [9.17, 15) is 9.59 Å². The van der Waals surface area contributed by atoms with Gasteiger partial charge in [-0.1, -0.05) is 19.3 Å². The van der Waals surface area contributed by atoms with Crippen molar-refractivity contribution in [3.63, 3.8) is 0 Å². The van der Waals surface area contributed by atoms with E-state index >= 15 is 0 Å². The number of carbonyl (C=O) groups excluding carboxylic acids is 2. The number of halogens is 1. The van der Waals surface area contributed by atoms with Crippen LogP contribution in [0.1, 0.15) is 51.4 Å². The third-order valence-corrected chi connectivity index (χ3v) is 7.06. The van der Waals surface area contributed by atoms with Gasteiger partial charge >= 0.3 is 0 Å². The highest BCUT2D eigenvalue weighted by molar-refractivity contribution is 14.0. The van der Waals surface area contributed by atoms with Crippen LogP contribution in [0.25, 0.3) is 0 Å². The predicted molar refractivity (Wildman–Crippen MR) is 117 cm³/mol. The van der Waals surface area contributed by atoms with Crippen LogP contribution in [-0.4, -0.2) is 71.3 Å². The van der Waals surface area contributed by atoms with Crippen molar-refractivity contribution in [2.45, 2.75) is 56.1 Å². The van der Waals surface area contributed by atoms with Crippen LogP contribution < -0.4 is 5.32 Å². The summed E-state index contributed by atoms with van der Waals surface area (Å²) in [6.07, 6.45) is 8.34. The lowest BCUT2D eigenvalue weighted by Gasteiger charge is -2.45. The molecule has 2 saturated heterocycles. The van der Waals surface area contributed by atoms with Crippen molar-refractivity contribution in [1.82, 2.24) is 15.1 Å². The third kappa shape index (κ3) is 5.27. The number of nitrogens with zero attached hydrogens (tertiary/aromatic N) is 3. The number of hydrogen-bond donors (Lipinski definition) is 1. The summed E-state index contributed by atoms with van der Waals surface area (Å²) in [4.78, 5) is 32.0. The normalized spacial score (nSPS) is 23.8. The minimum absolute atomic E-state index is 0. The zero-order valence-electron chi connectivity index (χ0n) is 15.7. The van der Waals surface area contributed by atoms with E-state index in [2.05, 4.69) is 27.0 Å². The van der Waals surface area contributed by atoms with Crippen molar-refractivity contribution < 1.29 is 9.59 Å². The maximum absolute atomic E-state index is 11.9. The molecule has 8 heteroatoms. The number of hydrogen-bond acceptors (Lipinski definition) is 4. The lowest BCUT2D eigenvalue weighted by Crippen LogP contribution is -2.54. The number of imide groups is 1. The van der Waals surface area contributed by atoms with E-state index in [1.165, 1.54) is 37.0 Å². The molecule has 3 fully saturated rings. The zero-order chi connectivity index (χ0) is 17.7. The molecule has 0 aromatic heterocycles. The zero-order valence-corrected chi connectivity index (χ0v) is 18.8. The van der Waals surface area contributed by atoms with E-state index in [-0.39, 0.29) is 35.8 Å². The van der Waals surface area contributed by atoms with Crippen molar-refractivity contribution >= 4 is 53.5 Å². The smallest absolute Gasteiger partial charge is 0.229 e. The van der Waals surface area contributed by atoms with Crippen LogP contribution >= 0.6 is 35.7 Å². The Balaban J connectivity index is 0.00000243. The number of likely N-dealkylation sites (tertiary alicyclic amines) is 1. The second-order valence-corrected chi connectivity index (χ2v) is 8.84. The van der Waals surface area contributed by atoms with Gasteiger partial charge in [0.2, 0.25) is 11.8 Å². The van der Waals surface area contributed by atoms with Crippen LogP contribution in [0.2, 0.25) is 0 Å². The SMILES string of the molecule is CN=C(NCCN1C(=O)CCCC1=O)N1CCSC2(CCCCC2)C1.I. The molecule has 0 atom stereocenters. The monoisotopic (exact) mass is 494 g/mol. The molecule has 1 spiro atoms. The van der Waals surface area contributed by atoms with Crippen molar-refractivity contribution in [3.8, 4) is 0 Å². The molecule has 1 N–H and O–H groups in total. The van der Waals surface area contributed by atoms with Crippen LogP contribution in [0, 0.1) is 0 Å². The van der Waals surface area contributed by atoms with E-state index in [0.717, 1.165) is 24.8 Å². The Morgan fingerprint density at radius 1 is 1.15 bits per heavy atom. The molecular formula is C18H31IN4O2S. The number of aliphatic imine (C=N–C) groups is 1. The lowest BCUT2D eigenvalue weighted by atomic mass is 9.87. The quantitative estimate of drug-likeness (QED) is 0.283. The van der Waals surface area contributed by atoms with Gasteiger partial charge in [0.25, 0.3) is 0 Å². The Morgan fingerprint density at radius 2 is 1.85 bits per heavy atom. The molecule has 2 heterocycles. The van der Waals surface area contributed by atoms with Crippen molar-refractivity contribution in [3.05, 3.63) is 0 Å². The Morgan fingerprint density at radius 3 is 2.50 bits per heavy atom. The van der Waals surface area contributed by atoms with Gasteiger partial charge in [-0.3, -0.25) is 19.5 Å². The molecule has 2 aliphatic heterocycles. The minimum atomic E-state index is -0.0384. The first-order valence-corrected chi connectivity index (χ1v) is 10.5. The lowest BCUT2D eigenvalue weighted by molar-refractivity contribution is -0.147. The van der Waals surface area contributed by atoms with Gasteiger partial charge in [-0.15, -0.1) is 24.0 Å². The molecule has 0 bridgehead atoms. The highest BCUT2D eigenvalue weighted by Gasteiger charge is 2.38. The van der Waals surface area contributed by atoms with Gasteiger partial charge in [-0.25, -0.2) is 0 Å². The summed E-state index contributed by atoms with van der Waals surface area (Å²) >= 11 is 2.14. The largest absolute Gasteiger partial charge is 0.354 e. The van der Waals surface area contributed by atoms with Gasteiger partial charge in [0.15, 0.2) is 5.96 Å². The van der Waals surface area contributed by atoms with Crippen molar-refractivity contribution in [2.24, 2.45) is 4.99 Å². The Hall–Kier alpha value is -0.510. The average Bonchev–Trinajstić information content (AvgIpc) is 2.61. The Labute approximate surface area is 177 Å². The highest BCUT2D eigenvalue weighted by Crippen LogP contribution is 2.42. The van der Waals surface area contributed by atoms with Gasteiger partial charge in [-0.05, 0) is 19.3 Å². The number of guanidine groups is 1. The molecule has 0 aromatic carbocycles. The Bertz CT molecular complexity index is 516. The fourth-order valence-corrected chi connectivity index (χ4v) is 5.75. The van der Waals surface area contributed by atoms with E-state index < -0.39 is 0 Å². The summed E-state index contributed by atoms with van der Waals surface area (Å²) in [5, 5.41) is 3.37. The van der Waals surface area contributed by atoms with Crippen molar-refractivity contribution in [1.29, 1.82) is 0 Å². The summed E-state index contributed by atoms with van der Waals surface area (Å²) in [6, 6.07) is 0. The molecule has 3 rings (SSSR count). The van der Waals surface area contributed by atoms with Gasteiger partial charge in [0.05, 0.1) is 0 Å². The second-order valence-electron chi connectivity index (χ2n) is 7.28. The number of carbonyl (C=O) groups is 2.